The van der Waals surface area contributed by atoms with E-state index in [9.17, 15) is 4.79 Å². The fourth-order valence-electron chi connectivity index (χ4n) is 3.09. The van der Waals surface area contributed by atoms with Crippen molar-refractivity contribution in [2.24, 2.45) is 0 Å². The lowest BCUT2D eigenvalue weighted by Crippen LogP contribution is -2.26. The molecule has 0 fully saturated rings. The maximum Gasteiger partial charge on any atom is 0.259 e. The van der Waals surface area contributed by atoms with Crippen LogP contribution in [0.25, 0.3) is 22.4 Å². The third-order valence-corrected chi connectivity index (χ3v) is 4.64. The maximum absolute atomic E-state index is 13.3. The van der Waals surface area contributed by atoms with E-state index < -0.39 is 0 Å². The van der Waals surface area contributed by atoms with Crippen LogP contribution >= 0.6 is 0 Å². The van der Waals surface area contributed by atoms with Crippen molar-refractivity contribution in [3.63, 3.8) is 0 Å². The first-order valence-electron chi connectivity index (χ1n) is 8.72. The van der Waals surface area contributed by atoms with Crippen LogP contribution in [0.2, 0.25) is 0 Å². The molecule has 0 radical (unpaired) electrons. The predicted molar refractivity (Wildman–Crippen MR) is 106 cm³/mol. The summed E-state index contributed by atoms with van der Waals surface area (Å²) in [6.45, 7) is 3.85. The number of benzene rings is 2. The van der Waals surface area contributed by atoms with Gasteiger partial charge >= 0.3 is 0 Å². The van der Waals surface area contributed by atoms with E-state index in [4.69, 9.17) is 4.52 Å². The highest BCUT2D eigenvalue weighted by molar-refractivity contribution is 6.13. The summed E-state index contributed by atoms with van der Waals surface area (Å²) in [6.07, 6.45) is 0. The minimum atomic E-state index is -0.131. The van der Waals surface area contributed by atoms with Crippen molar-refractivity contribution < 1.29 is 9.32 Å². The molecule has 2 aromatic heterocycles. The lowest BCUT2D eigenvalue weighted by Gasteiger charge is -2.18. The molecule has 1 amide bonds. The van der Waals surface area contributed by atoms with Gasteiger partial charge in [-0.3, -0.25) is 4.79 Å². The molecule has 0 unspecified atom stereocenters. The van der Waals surface area contributed by atoms with Crippen LogP contribution in [0, 0.1) is 13.8 Å². The van der Waals surface area contributed by atoms with Crippen molar-refractivity contribution >= 4 is 22.7 Å². The number of anilines is 1. The Morgan fingerprint density at radius 1 is 1.00 bits per heavy atom. The monoisotopic (exact) mass is 357 g/mol. The highest BCUT2D eigenvalue weighted by atomic mass is 16.5. The number of nitrogens with zero attached hydrogens (tertiary/aromatic N) is 3. The highest BCUT2D eigenvalue weighted by Crippen LogP contribution is 2.29. The summed E-state index contributed by atoms with van der Waals surface area (Å²) < 4.78 is 5.38. The number of carbonyl (C=O) groups excluding carboxylic acids is 1. The minimum absolute atomic E-state index is 0.131. The van der Waals surface area contributed by atoms with Crippen LogP contribution < -0.4 is 4.90 Å². The molecule has 0 saturated carbocycles. The van der Waals surface area contributed by atoms with Crippen LogP contribution in [-0.2, 0) is 0 Å². The van der Waals surface area contributed by atoms with Crippen molar-refractivity contribution in [3.8, 4) is 11.3 Å². The Labute approximate surface area is 157 Å². The Bertz CT molecular complexity index is 1120. The standard InChI is InChI=1S/C22H19N3O2/c1-14-9-11-16(12-10-14)19-13-18(20-15(2)24-27-21(20)23-19)22(26)25(3)17-7-5-4-6-8-17/h4-13H,1-3H3. The zero-order valence-electron chi connectivity index (χ0n) is 15.4. The average Bonchev–Trinajstić information content (AvgIpc) is 3.08. The number of hydrogen-bond acceptors (Lipinski definition) is 4. The zero-order valence-corrected chi connectivity index (χ0v) is 15.4. The Morgan fingerprint density at radius 3 is 2.41 bits per heavy atom. The van der Waals surface area contributed by atoms with Gasteiger partial charge in [0.2, 0.25) is 0 Å². The molecule has 0 spiro atoms. The second kappa shape index (κ2) is 6.68. The summed E-state index contributed by atoms with van der Waals surface area (Å²) in [5.74, 6) is -0.131. The number of pyridine rings is 1. The molecular formula is C22H19N3O2. The van der Waals surface area contributed by atoms with Gasteiger partial charge in [-0.05, 0) is 32.0 Å². The molecular weight excluding hydrogens is 338 g/mol. The van der Waals surface area contributed by atoms with Gasteiger partial charge in [-0.2, -0.15) is 0 Å². The highest BCUT2D eigenvalue weighted by Gasteiger charge is 2.22. The molecule has 5 nitrogen and oxygen atoms in total. The summed E-state index contributed by atoms with van der Waals surface area (Å²) in [5.41, 5.74) is 5.14. The van der Waals surface area contributed by atoms with Crippen LogP contribution in [0.3, 0.4) is 0 Å². The van der Waals surface area contributed by atoms with Crippen molar-refractivity contribution in [3.05, 3.63) is 77.5 Å². The Balaban J connectivity index is 1.86. The Morgan fingerprint density at radius 2 is 1.70 bits per heavy atom. The third-order valence-electron chi connectivity index (χ3n) is 4.64. The summed E-state index contributed by atoms with van der Waals surface area (Å²) in [6, 6.07) is 19.4. The van der Waals surface area contributed by atoms with Gasteiger partial charge < -0.3 is 9.42 Å². The lowest BCUT2D eigenvalue weighted by atomic mass is 10.0. The largest absolute Gasteiger partial charge is 0.335 e. The van der Waals surface area contributed by atoms with E-state index in [1.54, 1.807) is 11.9 Å². The first-order valence-corrected chi connectivity index (χ1v) is 8.72. The molecule has 4 rings (SSSR count). The molecule has 2 aromatic carbocycles. The Kier molecular flexibility index (Phi) is 4.20. The lowest BCUT2D eigenvalue weighted by molar-refractivity contribution is 0.0994. The minimum Gasteiger partial charge on any atom is -0.335 e. The van der Waals surface area contributed by atoms with Gasteiger partial charge in [0.05, 0.1) is 22.3 Å². The number of aryl methyl sites for hydroxylation is 2. The maximum atomic E-state index is 13.3. The second-order valence-corrected chi connectivity index (χ2v) is 6.57. The van der Waals surface area contributed by atoms with Crippen molar-refractivity contribution in [2.75, 3.05) is 11.9 Å². The molecule has 27 heavy (non-hydrogen) atoms. The zero-order chi connectivity index (χ0) is 19.0. The first kappa shape index (κ1) is 17.0. The van der Waals surface area contributed by atoms with Gasteiger partial charge in [-0.25, -0.2) is 4.98 Å². The van der Waals surface area contributed by atoms with E-state index >= 15 is 0 Å². The molecule has 4 aromatic rings. The SMILES string of the molecule is Cc1ccc(-c2cc(C(=O)N(C)c3ccccc3)c3c(C)noc3n2)cc1. The number of fused-ring (bicyclic) bond motifs is 1. The van der Waals surface area contributed by atoms with E-state index in [-0.39, 0.29) is 5.91 Å². The summed E-state index contributed by atoms with van der Waals surface area (Å²) in [5, 5.41) is 4.66. The number of hydrogen-bond donors (Lipinski definition) is 0. The topological polar surface area (TPSA) is 59.2 Å². The fraction of sp³-hybridized carbons (Fsp3) is 0.136. The van der Waals surface area contributed by atoms with E-state index in [0.717, 1.165) is 16.8 Å². The van der Waals surface area contributed by atoms with Crippen LogP contribution in [-0.4, -0.2) is 23.1 Å². The van der Waals surface area contributed by atoms with Gasteiger partial charge in [0.1, 0.15) is 0 Å². The van der Waals surface area contributed by atoms with Gasteiger partial charge in [-0.1, -0.05) is 53.2 Å². The number of rotatable bonds is 3. The molecule has 0 N–H and O–H groups in total. The first-order chi connectivity index (χ1) is 13.0. The van der Waals surface area contributed by atoms with Crippen molar-refractivity contribution in [1.82, 2.24) is 10.1 Å². The normalized spacial score (nSPS) is 10.9. The van der Waals surface area contributed by atoms with E-state index in [1.165, 1.54) is 0 Å². The molecule has 0 bridgehead atoms. The third kappa shape index (κ3) is 3.08. The molecule has 134 valence electrons. The molecule has 2 heterocycles. The summed E-state index contributed by atoms with van der Waals surface area (Å²) >= 11 is 0. The molecule has 0 saturated heterocycles. The summed E-state index contributed by atoms with van der Waals surface area (Å²) in [7, 11) is 1.76. The average molecular weight is 357 g/mol. The quantitative estimate of drug-likeness (QED) is 0.529. The van der Waals surface area contributed by atoms with Crippen LogP contribution in [0.4, 0.5) is 5.69 Å². The molecule has 5 heteroatoms. The van der Waals surface area contributed by atoms with E-state index in [0.29, 0.717) is 28.1 Å². The van der Waals surface area contributed by atoms with Crippen LogP contribution in [0.15, 0.2) is 65.2 Å². The van der Waals surface area contributed by atoms with Gasteiger partial charge in [-0.15, -0.1) is 0 Å². The molecule has 0 atom stereocenters. The fourth-order valence-corrected chi connectivity index (χ4v) is 3.09. The number of carbonyl (C=O) groups is 1. The van der Waals surface area contributed by atoms with Crippen molar-refractivity contribution in [1.29, 1.82) is 0 Å². The van der Waals surface area contributed by atoms with Gasteiger partial charge in [0, 0.05) is 18.3 Å². The van der Waals surface area contributed by atoms with Crippen LogP contribution in [0.5, 0.6) is 0 Å². The smallest absolute Gasteiger partial charge is 0.259 e. The summed E-state index contributed by atoms with van der Waals surface area (Å²) in [4.78, 5) is 19.5. The molecule has 0 aliphatic heterocycles. The second-order valence-electron chi connectivity index (χ2n) is 6.57. The number of para-hydroxylation sites is 1. The number of aromatic nitrogens is 2. The number of amides is 1. The Hall–Kier alpha value is -3.47. The van der Waals surface area contributed by atoms with E-state index in [2.05, 4.69) is 10.1 Å². The predicted octanol–water partition coefficient (Wildman–Crippen LogP) is 4.78. The molecule has 0 aliphatic carbocycles. The van der Waals surface area contributed by atoms with Crippen molar-refractivity contribution in [2.45, 2.75) is 13.8 Å². The van der Waals surface area contributed by atoms with Crippen LogP contribution in [0.1, 0.15) is 21.6 Å². The van der Waals surface area contributed by atoms with Gasteiger partial charge in [0.15, 0.2) is 0 Å². The van der Waals surface area contributed by atoms with Gasteiger partial charge in [0.25, 0.3) is 11.6 Å². The molecule has 0 aliphatic rings. The van der Waals surface area contributed by atoms with E-state index in [1.807, 2.05) is 74.5 Å².